The van der Waals surface area contributed by atoms with Crippen LogP contribution in [0.15, 0.2) is 52.4 Å². The monoisotopic (exact) mass is 452 g/mol. The lowest BCUT2D eigenvalue weighted by Crippen LogP contribution is -2.49. The Morgan fingerprint density at radius 3 is 2.44 bits per heavy atom. The van der Waals surface area contributed by atoms with Gasteiger partial charge < -0.3 is 5.32 Å². The number of imide groups is 1. The molecule has 7 nitrogen and oxygen atoms in total. The van der Waals surface area contributed by atoms with Crippen LogP contribution in [-0.2, 0) is 4.79 Å². The second kappa shape index (κ2) is 9.16. The van der Waals surface area contributed by atoms with E-state index in [0.717, 1.165) is 22.9 Å². The summed E-state index contributed by atoms with van der Waals surface area (Å²) in [7, 11) is 0. The van der Waals surface area contributed by atoms with Crippen LogP contribution < -0.4 is 16.2 Å². The summed E-state index contributed by atoms with van der Waals surface area (Å²) < 4.78 is 1.55. The van der Waals surface area contributed by atoms with Gasteiger partial charge in [0.15, 0.2) is 5.16 Å². The largest absolute Gasteiger partial charge is 0.333 e. The van der Waals surface area contributed by atoms with Gasteiger partial charge in [0, 0.05) is 5.54 Å². The molecule has 1 aromatic heterocycles. The number of urea groups is 1. The highest BCUT2D eigenvalue weighted by Gasteiger charge is 2.23. The number of aryl methyl sites for hydroxylation is 1. The molecule has 1 atom stereocenters. The van der Waals surface area contributed by atoms with Gasteiger partial charge in [0.1, 0.15) is 0 Å². The van der Waals surface area contributed by atoms with Crippen molar-refractivity contribution in [3.63, 3.8) is 0 Å². The number of thioether (sulfide) groups is 1. The Bertz CT molecular complexity index is 1240. The van der Waals surface area contributed by atoms with Gasteiger partial charge in [-0.3, -0.25) is 19.5 Å². The van der Waals surface area contributed by atoms with Crippen LogP contribution in [0.4, 0.5) is 4.79 Å². The third-order valence-corrected chi connectivity index (χ3v) is 5.99. The number of hydrogen-bond acceptors (Lipinski definition) is 5. The van der Waals surface area contributed by atoms with Gasteiger partial charge in [-0.25, -0.2) is 9.78 Å². The molecule has 3 aromatic rings. The van der Waals surface area contributed by atoms with Crippen LogP contribution in [0.2, 0.25) is 0 Å². The number of carbonyl (C=O) groups is 2. The second-order valence-corrected chi connectivity index (χ2v) is 10.0. The van der Waals surface area contributed by atoms with Crippen molar-refractivity contribution in [2.75, 3.05) is 0 Å². The zero-order chi connectivity index (χ0) is 23.6. The Morgan fingerprint density at radius 1 is 1.06 bits per heavy atom. The van der Waals surface area contributed by atoms with E-state index >= 15 is 0 Å². The first-order valence-electron chi connectivity index (χ1n) is 10.4. The summed E-state index contributed by atoms with van der Waals surface area (Å²) >= 11 is 1.14. The maximum atomic E-state index is 13.4. The van der Waals surface area contributed by atoms with Crippen molar-refractivity contribution in [3.05, 3.63) is 63.9 Å². The number of aromatic nitrogens is 2. The zero-order valence-electron chi connectivity index (χ0n) is 19.1. The molecule has 0 aliphatic rings. The molecule has 0 saturated heterocycles. The summed E-state index contributed by atoms with van der Waals surface area (Å²) in [5.74, 6) is -0.466. The molecule has 8 heteroatoms. The number of hydrogen-bond donors (Lipinski definition) is 2. The SMILES string of the molecule is Cc1cccc(-n2c(S[C@H](C)C(=O)NC(=O)NC(C)(C)C)nc3ccccc3c2=O)c1C. The van der Waals surface area contributed by atoms with Crippen LogP contribution in [0.1, 0.15) is 38.8 Å². The first-order valence-corrected chi connectivity index (χ1v) is 11.2. The number of para-hydroxylation sites is 1. The van der Waals surface area contributed by atoms with Crippen LogP contribution >= 0.6 is 11.8 Å². The summed E-state index contributed by atoms with van der Waals surface area (Å²) in [5, 5.41) is 5.29. The van der Waals surface area contributed by atoms with E-state index in [-0.39, 0.29) is 5.56 Å². The van der Waals surface area contributed by atoms with Gasteiger partial charge in [-0.05, 0) is 70.9 Å². The quantitative estimate of drug-likeness (QED) is 0.459. The predicted molar refractivity (Wildman–Crippen MR) is 129 cm³/mol. The summed E-state index contributed by atoms with van der Waals surface area (Å²) in [5.41, 5.74) is 2.60. The molecule has 1 heterocycles. The van der Waals surface area contributed by atoms with Crippen molar-refractivity contribution in [3.8, 4) is 5.69 Å². The Balaban J connectivity index is 2.02. The van der Waals surface area contributed by atoms with Crippen LogP contribution in [0.3, 0.4) is 0 Å². The molecule has 0 aliphatic carbocycles. The third kappa shape index (κ3) is 5.19. The molecule has 0 radical (unpaired) electrons. The average molecular weight is 453 g/mol. The fourth-order valence-corrected chi connectivity index (χ4v) is 4.10. The van der Waals surface area contributed by atoms with E-state index in [1.807, 2.05) is 58.9 Å². The maximum absolute atomic E-state index is 13.4. The smallest absolute Gasteiger partial charge is 0.321 e. The minimum Gasteiger partial charge on any atom is -0.333 e. The molecule has 0 unspecified atom stereocenters. The van der Waals surface area contributed by atoms with E-state index in [9.17, 15) is 14.4 Å². The Kier molecular flexibility index (Phi) is 6.74. The molecule has 0 saturated carbocycles. The Morgan fingerprint density at radius 2 is 1.75 bits per heavy atom. The summed E-state index contributed by atoms with van der Waals surface area (Å²) in [6.45, 7) is 11.1. The Labute approximate surface area is 191 Å². The second-order valence-electron chi connectivity index (χ2n) is 8.72. The van der Waals surface area contributed by atoms with E-state index in [1.165, 1.54) is 0 Å². The standard InChI is InChI=1S/C24H28N4O3S/c1-14-10-9-13-19(15(14)2)28-21(30)17-11-7-8-12-18(17)25-23(28)32-16(3)20(29)26-22(31)27-24(4,5)6/h7-13,16H,1-6H3,(H2,26,27,29,31)/t16-/m1/s1. The lowest BCUT2D eigenvalue weighted by molar-refractivity contribution is -0.119. The van der Waals surface area contributed by atoms with Crippen molar-refractivity contribution >= 4 is 34.6 Å². The van der Waals surface area contributed by atoms with Gasteiger partial charge >= 0.3 is 6.03 Å². The van der Waals surface area contributed by atoms with E-state index in [2.05, 4.69) is 15.6 Å². The minimum absolute atomic E-state index is 0.204. The van der Waals surface area contributed by atoms with E-state index in [1.54, 1.807) is 29.7 Å². The molecule has 168 valence electrons. The van der Waals surface area contributed by atoms with E-state index < -0.39 is 22.7 Å². The van der Waals surface area contributed by atoms with Crippen molar-refractivity contribution in [2.24, 2.45) is 0 Å². The van der Waals surface area contributed by atoms with Gasteiger partial charge in [0.25, 0.3) is 5.56 Å². The molecular weight excluding hydrogens is 424 g/mol. The normalized spacial score (nSPS) is 12.4. The summed E-state index contributed by atoms with van der Waals surface area (Å²) in [6, 6.07) is 12.3. The molecule has 0 spiro atoms. The molecule has 2 N–H and O–H groups in total. The van der Waals surface area contributed by atoms with E-state index in [4.69, 9.17) is 0 Å². The van der Waals surface area contributed by atoms with Gasteiger partial charge in [-0.2, -0.15) is 0 Å². The average Bonchev–Trinajstić information content (AvgIpc) is 2.69. The fraction of sp³-hybridized carbons (Fsp3) is 0.333. The number of carbonyl (C=O) groups excluding carboxylic acids is 2. The van der Waals surface area contributed by atoms with Crippen molar-refractivity contribution < 1.29 is 9.59 Å². The topological polar surface area (TPSA) is 93.1 Å². The van der Waals surface area contributed by atoms with Crippen LogP contribution in [-0.4, -0.2) is 32.3 Å². The van der Waals surface area contributed by atoms with Gasteiger partial charge in [0.05, 0.1) is 21.8 Å². The van der Waals surface area contributed by atoms with Crippen molar-refractivity contribution in [2.45, 2.75) is 57.5 Å². The van der Waals surface area contributed by atoms with Crippen molar-refractivity contribution in [1.82, 2.24) is 20.2 Å². The number of benzene rings is 2. The lowest BCUT2D eigenvalue weighted by Gasteiger charge is -2.21. The summed E-state index contributed by atoms with van der Waals surface area (Å²) in [4.78, 5) is 42.9. The molecule has 0 bridgehead atoms. The highest BCUT2D eigenvalue weighted by molar-refractivity contribution is 8.00. The number of nitrogens with one attached hydrogen (secondary N) is 2. The number of fused-ring (bicyclic) bond motifs is 1. The molecule has 2 aromatic carbocycles. The van der Waals surface area contributed by atoms with Crippen LogP contribution in [0, 0.1) is 13.8 Å². The summed E-state index contributed by atoms with van der Waals surface area (Å²) in [6.07, 6.45) is 0. The number of amides is 3. The highest BCUT2D eigenvalue weighted by Crippen LogP contribution is 2.27. The molecular formula is C24H28N4O3S. The van der Waals surface area contributed by atoms with Gasteiger partial charge in [-0.15, -0.1) is 0 Å². The minimum atomic E-state index is -0.662. The van der Waals surface area contributed by atoms with E-state index in [0.29, 0.717) is 21.7 Å². The first kappa shape index (κ1) is 23.5. The maximum Gasteiger partial charge on any atom is 0.321 e. The molecule has 32 heavy (non-hydrogen) atoms. The van der Waals surface area contributed by atoms with Crippen LogP contribution in [0.25, 0.3) is 16.6 Å². The van der Waals surface area contributed by atoms with Crippen LogP contribution in [0.5, 0.6) is 0 Å². The van der Waals surface area contributed by atoms with Gasteiger partial charge in [-0.1, -0.05) is 36.0 Å². The van der Waals surface area contributed by atoms with Gasteiger partial charge in [0.2, 0.25) is 5.91 Å². The highest BCUT2D eigenvalue weighted by atomic mass is 32.2. The molecule has 3 amide bonds. The number of rotatable bonds is 4. The molecule has 0 aliphatic heterocycles. The third-order valence-electron chi connectivity index (χ3n) is 4.94. The predicted octanol–water partition coefficient (Wildman–Crippen LogP) is 4.11. The molecule has 3 rings (SSSR count). The number of nitrogens with zero attached hydrogens (tertiary/aromatic N) is 2. The van der Waals surface area contributed by atoms with Crippen molar-refractivity contribution in [1.29, 1.82) is 0 Å². The Hall–Kier alpha value is -3.13. The fourth-order valence-electron chi connectivity index (χ4n) is 3.18. The first-order chi connectivity index (χ1) is 15.0. The molecule has 0 fully saturated rings. The lowest BCUT2D eigenvalue weighted by atomic mass is 10.1. The zero-order valence-corrected chi connectivity index (χ0v) is 20.0.